The van der Waals surface area contributed by atoms with Crippen LogP contribution in [0.4, 0.5) is 38.0 Å². The lowest BCUT2D eigenvalue weighted by molar-refractivity contribution is -0.143. The van der Waals surface area contributed by atoms with Crippen LogP contribution in [-0.2, 0) is 18.9 Å². The molecular formula is C19H20F6N4O. The summed E-state index contributed by atoms with van der Waals surface area (Å²) in [5.74, 6) is 0.887. The Hall–Kier alpha value is -2.56. The molecule has 11 heteroatoms. The number of aliphatic hydroxyl groups excluding tert-OH is 1. The van der Waals surface area contributed by atoms with Crippen LogP contribution in [0.2, 0.25) is 0 Å². The normalized spacial score (nSPS) is 17.5. The number of rotatable bonds is 5. The summed E-state index contributed by atoms with van der Waals surface area (Å²) in [6.07, 6.45) is -6.83. The van der Waals surface area contributed by atoms with Gasteiger partial charge in [-0.05, 0) is 36.6 Å². The lowest BCUT2D eigenvalue weighted by atomic mass is 10.0. The Balaban J connectivity index is 1.87. The summed E-state index contributed by atoms with van der Waals surface area (Å²) >= 11 is 0. The number of aliphatic hydroxyl groups is 1. The topological polar surface area (TPSA) is 52.5 Å². The predicted octanol–water partition coefficient (Wildman–Crippen LogP) is 4.11. The van der Waals surface area contributed by atoms with E-state index in [1.54, 1.807) is 6.07 Å². The maximum absolute atomic E-state index is 13.1. The summed E-state index contributed by atoms with van der Waals surface area (Å²) in [6.45, 7) is 0.431. The van der Waals surface area contributed by atoms with Gasteiger partial charge in [-0.1, -0.05) is 0 Å². The largest absolute Gasteiger partial charge is 0.416 e. The molecule has 0 aliphatic carbocycles. The van der Waals surface area contributed by atoms with Crippen LogP contribution < -0.4 is 9.80 Å². The van der Waals surface area contributed by atoms with Gasteiger partial charge in [0.25, 0.3) is 0 Å². The van der Waals surface area contributed by atoms with E-state index in [0.717, 1.165) is 12.8 Å². The van der Waals surface area contributed by atoms with Gasteiger partial charge in [-0.2, -0.15) is 26.3 Å². The van der Waals surface area contributed by atoms with Gasteiger partial charge in [-0.15, -0.1) is 0 Å². The van der Waals surface area contributed by atoms with E-state index in [1.165, 1.54) is 18.3 Å². The standard InChI is InChI=1S/C19H20F6N4O/c1-28(16-8-17(27-11-26-16)29-4-2-3-15(29)10-30)9-12-5-13(18(20,21)22)7-14(6-12)19(23,24)25/h5-8,11,15,30H,2-4,9-10H2,1H3. The summed E-state index contributed by atoms with van der Waals surface area (Å²) in [7, 11) is 1.52. The molecule has 30 heavy (non-hydrogen) atoms. The molecule has 0 bridgehead atoms. The van der Waals surface area contributed by atoms with Crippen LogP contribution in [-0.4, -0.2) is 41.3 Å². The first-order valence-electron chi connectivity index (χ1n) is 9.18. The molecule has 1 aliphatic heterocycles. The van der Waals surface area contributed by atoms with Gasteiger partial charge in [0.15, 0.2) is 0 Å². The van der Waals surface area contributed by atoms with E-state index in [0.29, 0.717) is 30.3 Å². The van der Waals surface area contributed by atoms with Gasteiger partial charge in [-0.25, -0.2) is 9.97 Å². The van der Waals surface area contributed by atoms with Gasteiger partial charge in [0.2, 0.25) is 0 Å². The van der Waals surface area contributed by atoms with Crippen LogP contribution in [0.15, 0.2) is 30.6 Å². The lowest BCUT2D eigenvalue weighted by Crippen LogP contribution is -2.33. The molecule has 1 atom stereocenters. The van der Waals surface area contributed by atoms with E-state index in [9.17, 15) is 31.4 Å². The molecular weight excluding hydrogens is 414 g/mol. The van der Waals surface area contributed by atoms with Gasteiger partial charge in [0.05, 0.1) is 23.8 Å². The average Bonchev–Trinajstić information content (AvgIpc) is 3.15. The molecule has 164 valence electrons. The Labute approximate surface area is 169 Å². The second-order valence-corrected chi connectivity index (χ2v) is 7.18. The van der Waals surface area contributed by atoms with Crippen molar-refractivity contribution < 1.29 is 31.4 Å². The lowest BCUT2D eigenvalue weighted by Gasteiger charge is -2.26. The smallest absolute Gasteiger partial charge is 0.394 e. The molecule has 3 rings (SSSR count). The highest BCUT2D eigenvalue weighted by Crippen LogP contribution is 2.36. The minimum Gasteiger partial charge on any atom is -0.394 e. The third-order valence-electron chi connectivity index (χ3n) is 4.98. The van der Waals surface area contributed by atoms with Crippen LogP contribution >= 0.6 is 0 Å². The molecule has 5 nitrogen and oxygen atoms in total. The van der Waals surface area contributed by atoms with Crippen molar-refractivity contribution in [3.05, 3.63) is 47.3 Å². The molecule has 1 aromatic heterocycles. The third-order valence-corrected chi connectivity index (χ3v) is 4.98. The van der Waals surface area contributed by atoms with E-state index in [2.05, 4.69) is 9.97 Å². The quantitative estimate of drug-likeness (QED) is 0.718. The summed E-state index contributed by atoms with van der Waals surface area (Å²) in [6, 6.07) is 3.03. The zero-order chi connectivity index (χ0) is 22.1. The molecule has 1 saturated heterocycles. The number of aromatic nitrogens is 2. The van der Waals surface area contributed by atoms with Crippen molar-refractivity contribution in [3.63, 3.8) is 0 Å². The molecule has 2 aromatic rings. The SMILES string of the molecule is CN(Cc1cc(C(F)(F)F)cc(C(F)(F)F)c1)c1cc(N2CCCC2CO)ncn1. The summed E-state index contributed by atoms with van der Waals surface area (Å²) in [5, 5.41) is 9.48. The van der Waals surface area contributed by atoms with E-state index < -0.39 is 23.5 Å². The molecule has 1 aromatic carbocycles. The first kappa shape index (κ1) is 22.1. The molecule has 1 aliphatic rings. The first-order valence-corrected chi connectivity index (χ1v) is 9.18. The minimum atomic E-state index is -4.90. The monoisotopic (exact) mass is 434 g/mol. The van der Waals surface area contributed by atoms with Gasteiger partial charge in [0, 0.05) is 26.2 Å². The van der Waals surface area contributed by atoms with Crippen molar-refractivity contribution in [1.29, 1.82) is 0 Å². The Kier molecular flexibility index (Phi) is 6.11. The van der Waals surface area contributed by atoms with Gasteiger partial charge < -0.3 is 14.9 Å². The fourth-order valence-electron chi connectivity index (χ4n) is 3.50. The first-order chi connectivity index (χ1) is 14.0. The van der Waals surface area contributed by atoms with Crippen molar-refractivity contribution in [2.45, 2.75) is 37.8 Å². The third kappa shape index (κ3) is 4.94. The zero-order valence-electron chi connectivity index (χ0n) is 16.0. The van der Waals surface area contributed by atoms with Crippen LogP contribution in [0.3, 0.4) is 0 Å². The van der Waals surface area contributed by atoms with Gasteiger partial charge >= 0.3 is 12.4 Å². The fourth-order valence-corrected chi connectivity index (χ4v) is 3.50. The summed E-state index contributed by atoms with van der Waals surface area (Å²) < 4.78 is 78.4. The molecule has 0 spiro atoms. The highest BCUT2D eigenvalue weighted by molar-refractivity contribution is 5.51. The molecule has 2 heterocycles. The Morgan fingerprint density at radius 1 is 1.03 bits per heavy atom. The molecule has 0 radical (unpaired) electrons. The highest BCUT2D eigenvalue weighted by atomic mass is 19.4. The number of nitrogens with zero attached hydrogens (tertiary/aromatic N) is 4. The molecule has 1 unspecified atom stereocenters. The second kappa shape index (κ2) is 8.29. The van der Waals surface area contributed by atoms with E-state index >= 15 is 0 Å². The number of benzene rings is 1. The van der Waals surface area contributed by atoms with E-state index in [1.807, 2.05) is 4.90 Å². The van der Waals surface area contributed by atoms with E-state index in [4.69, 9.17) is 0 Å². The van der Waals surface area contributed by atoms with Crippen molar-refractivity contribution in [2.75, 3.05) is 30.0 Å². The maximum Gasteiger partial charge on any atom is 0.416 e. The van der Waals surface area contributed by atoms with Crippen LogP contribution in [0.5, 0.6) is 0 Å². The minimum absolute atomic E-state index is 0.0420. The Morgan fingerprint density at radius 3 is 2.23 bits per heavy atom. The van der Waals surface area contributed by atoms with Crippen molar-refractivity contribution in [1.82, 2.24) is 9.97 Å². The second-order valence-electron chi connectivity index (χ2n) is 7.18. The number of hydrogen-bond donors (Lipinski definition) is 1. The highest BCUT2D eigenvalue weighted by Gasteiger charge is 2.37. The fraction of sp³-hybridized carbons (Fsp3) is 0.474. The van der Waals surface area contributed by atoms with Gasteiger partial charge in [0.1, 0.15) is 18.0 Å². The predicted molar refractivity (Wildman–Crippen MR) is 98.0 cm³/mol. The Bertz CT molecular complexity index is 854. The molecule has 0 saturated carbocycles. The molecule has 0 amide bonds. The average molecular weight is 434 g/mol. The number of halogens is 6. The number of anilines is 2. The van der Waals surface area contributed by atoms with Crippen molar-refractivity contribution in [3.8, 4) is 0 Å². The van der Waals surface area contributed by atoms with Crippen molar-refractivity contribution in [2.24, 2.45) is 0 Å². The number of hydrogen-bond acceptors (Lipinski definition) is 5. The summed E-state index contributed by atoms with van der Waals surface area (Å²) in [5.41, 5.74) is -2.85. The van der Waals surface area contributed by atoms with Crippen LogP contribution in [0, 0.1) is 0 Å². The molecule has 1 fully saturated rings. The van der Waals surface area contributed by atoms with Crippen LogP contribution in [0.1, 0.15) is 29.5 Å². The number of alkyl halides is 6. The van der Waals surface area contributed by atoms with Crippen LogP contribution in [0.25, 0.3) is 0 Å². The maximum atomic E-state index is 13.1. The summed E-state index contributed by atoms with van der Waals surface area (Å²) in [4.78, 5) is 11.6. The van der Waals surface area contributed by atoms with Crippen molar-refractivity contribution >= 4 is 11.6 Å². The molecule has 1 N–H and O–H groups in total. The Morgan fingerprint density at radius 2 is 1.67 bits per heavy atom. The zero-order valence-corrected chi connectivity index (χ0v) is 16.0. The van der Waals surface area contributed by atoms with Gasteiger partial charge in [-0.3, -0.25) is 0 Å². The van der Waals surface area contributed by atoms with E-state index in [-0.39, 0.29) is 30.8 Å².